The van der Waals surface area contributed by atoms with Gasteiger partial charge >= 0.3 is 0 Å². The summed E-state index contributed by atoms with van der Waals surface area (Å²) in [6, 6.07) is 0. The molecule has 0 aromatic rings. The smallest absolute Gasteiger partial charge is 0.156 e. The Labute approximate surface area is 106 Å². The first-order valence-corrected chi connectivity index (χ1v) is 7.93. The number of aliphatic hydroxyl groups excluding tert-OH is 1. The minimum atomic E-state index is -3.03. The fourth-order valence-corrected chi connectivity index (χ4v) is 2.48. The van der Waals surface area contributed by atoms with Gasteiger partial charge in [0.15, 0.2) is 9.84 Å². The third-order valence-corrected chi connectivity index (χ3v) is 5.64. The zero-order chi connectivity index (χ0) is 13.5. The molecule has 0 saturated heterocycles. The van der Waals surface area contributed by atoms with Crippen molar-refractivity contribution in [2.75, 3.05) is 25.4 Å². The number of hydrogen-bond donors (Lipinski definition) is 2. The van der Waals surface area contributed by atoms with Crippen molar-refractivity contribution >= 4 is 9.84 Å². The van der Waals surface area contributed by atoms with Crippen LogP contribution in [0.1, 0.15) is 40.5 Å². The van der Waals surface area contributed by atoms with Gasteiger partial charge < -0.3 is 10.4 Å². The van der Waals surface area contributed by atoms with Crippen molar-refractivity contribution in [1.29, 1.82) is 0 Å². The predicted octanol–water partition coefficient (Wildman–Crippen LogP) is 1.20. The van der Waals surface area contributed by atoms with E-state index in [9.17, 15) is 8.42 Å². The Morgan fingerprint density at radius 3 is 2.29 bits per heavy atom. The van der Waals surface area contributed by atoms with Crippen LogP contribution in [0.25, 0.3) is 0 Å². The molecule has 0 heterocycles. The molecule has 0 aliphatic carbocycles. The average Bonchev–Trinajstić information content (AvgIpc) is 2.21. The molecular weight excluding hydrogens is 238 g/mol. The Hall–Kier alpha value is -0.130. The van der Waals surface area contributed by atoms with Gasteiger partial charge in [-0.15, -0.1) is 0 Å². The zero-order valence-electron chi connectivity index (χ0n) is 11.5. The number of rotatable bonds is 8. The molecule has 0 aliphatic rings. The van der Waals surface area contributed by atoms with Crippen molar-refractivity contribution < 1.29 is 13.5 Å². The van der Waals surface area contributed by atoms with Crippen molar-refractivity contribution in [3.05, 3.63) is 0 Å². The Kier molecular flexibility index (Phi) is 7.28. The lowest BCUT2D eigenvalue weighted by molar-refractivity contribution is 0.252. The van der Waals surface area contributed by atoms with E-state index in [1.807, 2.05) is 0 Å². The molecule has 4 nitrogen and oxygen atoms in total. The lowest BCUT2D eigenvalue weighted by Gasteiger charge is -2.20. The molecule has 17 heavy (non-hydrogen) atoms. The molecule has 1 atom stereocenters. The van der Waals surface area contributed by atoms with E-state index in [4.69, 9.17) is 5.11 Å². The molecule has 0 bridgehead atoms. The molecule has 104 valence electrons. The molecule has 0 aromatic carbocycles. The van der Waals surface area contributed by atoms with Crippen LogP contribution in [0.4, 0.5) is 0 Å². The first-order valence-electron chi connectivity index (χ1n) is 6.28. The summed E-state index contributed by atoms with van der Waals surface area (Å²) in [4.78, 5) is 0. The van der Waals surface area contributed by atoms with Crippen molar-refractivity contribution in [3.8, 4) is 0 Å². The van der Waals surface area contributed by atoms with Crippen LogP contribution in [-0.4, -0.2) is 43.7 Å². The maximum Gasteiger partial charge on any atom is 0.156 e. The van der Waals surface area contributed by atoms with Crippen LogP contribution >= 0.6 is 0 Å². The van der Waals surface area contributed by atoms with Crippen LogP contribution in [0.2, 0.25) is 0 Å². The highest BCUT2D eigenvalue weighted by molar-refractivity contribution is 7.92. The molecule has 0 fully saturated rings. The molecule has 5 heteroatoms. The van der Waals surface area contributed by atoms with Gasteiger partial charge in [0.25, 0.3) is 0 Å². The van der Waals surface area contributed by atoms with E-state index in [0.29, 0.717) is 12.5 Å². The minimum Gasteiger partial charge on any atom is -0.396 e. The van der Waals surface area contributed by atoms with Gasteiger partial charge in [-0.1, -0.05) is 13.3 Å². The first-order chi connectivity index (χ1) is 7.74. The highest BCUT2D eigenvalue weighted by atomic mass is 32.2. The van der Waals surface area contributed by atoms with Crippen LogP contribution in [0.3, 0.4) is 0 Å². The third kappa shape index (κ3) is 6.38. The summed E-state index contributed by atoms with van der Waals surface area (Å²) >= 11 is 0. The van der Waals surface area contributed by atoms with E-state index in [2.05, 4.69) is 12.2 Å². The Balaban J connectivity index is 3.93. The molecular formula is C12H27NO3S. The fraction of sp³-hybridized carbons (Fsp3) is 1.00. The van der Waals surface area contributed by atoms with E-state index in [1.165, 1.54) is 0 Å². The summed E-state index contributed by atoms with van der Waals surface area (Å²) in [6.45, 7) is 8.71. The lowest BCUT2D eigenvalue weighted by Crippen LogP contribution is -2.36. The van der Waals surface area contributed by atoms with Crippen molar-refractivity contribution in [3.63, 3.8) is 0 Å². The quantitative estimate of drug-likeness (QED) is 0.647. The molecule has 0 aromatic heterocycles. The summed E-state index contributed by atoms with van der Waals surface area (Å²) in [7, 11) is -3.03. The molecule has 2 N–H and O–H groups in total. The number of aliphatic hydroxyl groups is 1. The summed E-state index contributed by atoms with van der Waals surface area (Å²) in [6.07, 6.45) is 1.77. The largest absolute Gasteiger partial charge is 0.396 e. The molecule has 1 unspecified atom stereocenters. The Morgan fingerprint density at radius 1 is 1.29 bits per heavy atom. The monoisotopic (exact) mass is 265 g/mol. The second-order valence-electron chi connectivity index (χ2n) is 5.42. The summed E-state index contributed by atoms with van der Waals surface area (Å²) in [5.41, 5.74) is 0. The molecule has 0 aliphatic heterocycles. The maximum atomic E-state index is 11.8. The van der Waals surface area contributed by atoms with Crippen molar-refractivity contribution in [2.24, 2.45) is 5.92 Å². The Bertz CT molecular complexity index is 293. The third-order valence-electron chi connectivity index (χ3n) is 3.03. The summed E-state index contributed by atoms with van der Waals surface area (Å²) in [5.74, 6) is 0.601. The van der Waals surface area contributed by atoms with Gasteiger partial charge in [-0.05, 0) is 39.7 Å². The van der Waals surface area contributed by atoms with Crippen molar-refractivity contribution in [1.82, 2.24) is 5.32 Å². The summed E-state index contributed by atoms with van der Waals surface area (Å²) < 4.78 is 22.9. The molecule has 0 amide bonds. The van der Waals surface area contributed by atoms with Crippen LogP contribution in [0.15, 0.2) is 0 Å². The van der Waals surface area contributed by atoms with Gasteiger partial charge in [0.2, 0.25) is 0 Å². The molecule has 0 saturated carbocycles. The highest BCUT2D eigenvalue weighted by Gasteiger charge is 2.28. The zero-order valence-corrected chi connectivity index (χ0v) is 12.3. The first kappa shape index (κ1) is 16.9. The van der Waals surface area contributed by atoms with Crippen LogP contribution < -0.4 is 5.32 Å². The number of hydrogen-bond acceptors (Lipinski definition) is 4. The van der Waals surface area contributed by atoms with E-state index < -0.39 is 14.6 Å². The van der Waals surface area contributed by atoms with Crippen molar-refractivity contribution in [2.45, 2.75) is 45.3 Å². The normalized spacial score (nSPS) is 14.9. The van der Waals surface area contributed by atoms with Crippen LogP contribution in [0, 0.1) is 5.92 Å². The molecule has 0 spiro atoms. The molecule has 0 rings (SSSR count). The standard InChI is InChI=1S/C12H27NO3S/c1-5-11(6-8-14)10-13-7-9-17(15,16)12(2,3)4/h11,13-14H,5-10H2,1-4H3. The second kappa shape index (κ2) is 7.34. The number of sulfone groups is 1. The van der Waals surface area contributed by atoms with Gasteiger partial charge in [0.1, 0.15) is 0 Å². The van der Waals surface area contributed by atoms with Gasteiger partial charge in [-0.25, -0.2) is 8.42 Å². The fourth-order valence-electron chi connectivity index (χ4n) is 1.45. The maximum absolute atomic E-state index is 11.8. The highest BCUT2D eigenvalue weighted by Crippen LogP contribution is 2.15. The SMILES string of the molecule is CCC(CCO)CNCCS(=O)(=O)C(C)(C)C. The van der Waals surface area contributed by atoms with Gasteiger partial charge in [0, 0.05) is 13.2 Å². The minimum absolute atomic E-state index is 0.173. The Morgan fingerprint density at radius 2 is 1.88 bits per heavy atom. The van der Waals surface area contributed by atoms with E-state index in [1.54, 1.807) is 20.8 Å². The average molecular weight is 265 g/mol. The van der Waals surface area contributed by atoms with E-state index in [0.717, 1.165) is 19.4 Å². The van der Waals surface area contributed by atoms with Crippen LogP contribution in [0.5, 0.6) is 0 Å². The van der Waals surface area contributed by atoms with Gasteiger partial charge in [-0.2, -0.15) is 0 Å². The van der Waals surface area contributed by atoms with E-state index in [-0.39, 0.29) is 12.4 Å². The van der Waals surface area contributed by atoms with Gasteiger partial charge in [-0.3, -0.25) is 0 Å². The van der Waals surface area contributed by atoms with Crippen LogP contribution in [-0.2, 0) is 9.84 Å². The van der Waals surface area contributed by atoms with E-state index >= 15 is 0 Å². The molecule has 0 radical (unpaired) electrons. The van der Waals surface area contributed by atoms with Gasteiger partial charge in [0.05, 0.1) is 10.5 Å². The summed E-state index contributed by atoms with van der Waals surface area (Å²) in [5, 5.41) is 12.0. The lowest BCUT2D eigenvalue weighted by atomic mass is 10.0. The predicted molar refractivity (Wildman–Crippen MR) is 71.9 cm³/mol. The topological polar surface area (TPSA) is 66.4 Å². The number of nitrogens with one attached hydrogen (secondary N) is 1. The second-order valence-corrected chi connectivity index (χ2v) is 8.28.